The van der Waals surface area contributed by atoms with Crippen LogP contribution in [-0.2, 0) is 16.0 Å². The van der Waals surface area contributed by atoms with Crippen molar-refractivity contribution in [1.29, 1.82) is 0 Å². The van der Waals surface area contributed by atoms with Gasteiger partial charge in [0.15, 0.2) is 0 Å². The van der Waals surface area contributed by atoms with Crippen LogP contribution < -0.4 is 5.32 Å². The molecule has 21 heavy (non-hydrogen) atoms. The van der Waals surface area contributed by atoms with E-state index in [1.165, 1.54) is 0 Å². The van der Waals surface area contributed by atoms with E-state index in [1.807, 2.05) is 37.3 Å². The van der Waals surface area contributed by atoms with Crippen LogP contribution in [0.1, 0.15) is 38.7 Å². The third-order valence-electron chi connectivity index (χ3n) is 4.01. The summed E-state index contributed by atoms with van der Waals surface area (Å²) in [6.07, 6.45) is 3.17. The van der Waals surface area contributed by atoms with Crippen LogP contribution in [0.5, 0.6) is 0 Å². The number of hydrogen-bond acceptors (Lipinski definition) is 2. The predicted octanol–water partition coefficient (Wildman–Crippen LogP) is 2.13. The molecular weight excluding hydrogens is 264 g/mol. The van der Waals surface area contributed by atoms with Gasteiger partial charge in [-0.1, -0.05) is 50.6 Å². The topological polar surface area (TPSA) is 49.4 Å². The molecule has 0 saturated carbocycles. The van der Waals surface area contributed by atoms with Gasteiger partial charge in [-0.3, -0.25) is 9.59 Å². The van der Waals surface area contributed by atoms with Crippen molar-refractivity contribution >= 4 is 11.8 Å². The molecule has 0 aliphatic carbocycles. The molecule has 1 aliphatic rings. The largest absolute Gasteiger partial charge is 0.343 e. The van der Waals surface area contributed by atoms with Gasteiger partial charge < -0.3 is 10.2 Å². The van der Waals surface area contributed by atoms with Crippen molar-refractivity contribution in [2.75, 3.05) is 6.54 Å². The minimum Gasteiger partial charge on any atom is -0.343 e. The van der Waals surface area contributed by atoms with Crippen molar-refractivity contribution in [2.24, 2.45) is 0 Å². The Balaban J connectivity index is 2.18. The van der Waals surface area contributed by atoms with E-state index in [0.717, 1.165) is 18.4 Å². The van der Waals surface area contributed by atoms with E-state index in [-0.39, 0.29) is 23.9 Å². The fourth-order valence-electron chi connectivity index (χ4n) is 2.74. The monoisotopic (exact) mass is 288 g/mol. The first-order valence-electron chi connectivity index (χ1n) is 7.82. The Bertz CT molecular complexity index is 487. The lowest BCUT2D eigenvalue weighted by Crippen LogP contribution is -2.63. The van der Waals surface area contributed by atoms with Crippen LogP contribution in [0.25, 0.3) is 0 Å². The molecule has 4 nitrogen and oxygen atoms in total. The highest BCUT2D eigenvalue weighted by Gasteiger charge is 2.39. The summed E-state index contributed by atoms with van der Waals surface area (Å²) in [5.41, 5.74) is 1.09. The first-order chi connectivity index (χ1) is 10.2. The summed E-state index contributed by atoms with van der Waals surface area (Å²) in [6.45, 7) is 4.69. The maximum Gasteiger partial charge on any atom is 0.245 e. The minimum absolute atomic E-state index is 0.0265. The molecule has 1 heterocycles. The molecule has 0 bridgehead atoms. The van der Waals surface area contributed by atoms with Gasteiger partial charge in [-0.05, 0) is 18.4 Å². The second kappa shape index (κ2) is 7.25. The molecule has 114 valence electrons. The van der Waals surface area contributed by atoms with E-state index in [2.05, 4.69) is 12.2 Å². The van der Waals surface area contributed by atoms with Crippen LogP contribution >= 0.6 is 0 Å². The molecule has 2 rings (SSSR count). The summed E-state index contributed by atoms with van der Waals surface area (Å²) in [4.78, 5) is 26.7. The Morgan fingerprint density at radius 3 is 2.48 bits per heavy atom. The zero-order chi connectivity index (χ0) is 15.2. The van der Waals surface area contributed by atoms with Crippen molar-refractivity contribution in [2.45, 2.75) is 51.6 Å². The Morgan fingerprint density at radius 1 is 1.14 bits per heavy atom. The molecule has 2 amide bonds. The molecule has 1 fully saturated rings. The van der Waals surface area contributed by atoms with Crippen LogP contribution in [-0.4, -0.2) is 35.3 Å². The minimum atomic E-state index is -0.380. The zero-order valence-electron chi connectivity index (χ0n) is 12.8. The summed E-state index contributed by atoms with van der Waals surface area (Å²) in [5, 5.41) is 2.86. The number of nitrogens with one attached hydrogen (secondary N) is 1. The lowest BCUT2D eigenvalue weighted by molar-refractivity contribution is -0.149. The normalized spacial score (nSPS) is 22.3. The molecule has 2 atom stereocenters. The first kappa shape index (κ1) is 15.5. The average Bonchev–Trinajstić information content (AvgIpc) is 2.51. The smallest absolute Gasteiger partial charge is 0.245 e. The fraction of sp³-hybridized carbons (Fsp3) is 0.529. The third kappa shape index (κ3) is 3.63. The average molecular weight is 288 g/mol. The maximum atomic E-state index is 12.5. The summed E-state index contributed by atoms with van der Waals surface area (Å²) in [7, 11) is 0. The summed E-state index contributed by atoms with van der Waals surface area (Å²) < 4.78 is 0. The Morgan fingerprint density at radius 2 is 1.86 bits per heavy atom. The number of carbonyl (C=O) groups is 2. The number of benzene rings is 1. The van der Waals surface area contributed by atoms with Crippen molar-refractivity contribution in [3.05, 3.63) is 35.9 Å². The molecule has 1 N–H and O–H groups in total. The van der Waals surface area contributed by atoms with E-state index in [1.54, 1.807) is 4.90 Å². The van der Waals surface area contributed by atoms with Crippen molar-refractivity contribution in [3.8, 4) is 0 Å². The molecule has 0 aromatic heterocycles. The summed E-state index contributed by atoms with van der Waals surface area (Å²) in [5.74, 6) is 0.0351. The van der Waals surface area contributed by atoms with Gasteiger partial charge in [-0.25, -0.2) is 0 Å². The van der Waals surface area contributed by atoms with Gasteiger partial charge in [-0.2, -0.15) is 0 Å². The number of rotatable bonds is 6. The molecule has 1 aromatic rings. The summed E-state index contributed by atoms with van der Waals surface area (Å²) >= 11 is 0. The zero-order valence-corrected chi connectivity index (χ0v) is 12.8. The van der Waals surface area contributed by atoms with Gasteiger partial charge in [0.05, 0.1) is 0 Å². The van der Waals surface area contributed by atoms with E-state index in [4.69, 9.17) is 0 Å². The Hall–Kier alpha value is -1.84. The molecule has 4 heteroatoms. The van der Waals surface area contributed by atoms with Crippen LogP contribution in [0.15, 0.2) is 30.3 Å². The SMILES string of the molecule is CCCCN1C(=O)C(CC)NC(=O)C1Cc1ccccc1. The highest BCUT2D eigenvalue weighted by atomic mass is 16.2. The summed E-state index contributed by atoms with van der Waals surface area (Å²) in [6, 6.07) is 9.14. The second-order valence-corrected chi connectivity index (χ2v) is 5.56. The van der Waals surface area contributed by atoms with E-state index in [0.29, 0.717) is 19.4 Å². The molecule has 1 saturated heterocycles. The van der Waals surface area contributed by atoms with Crippen molar-refractivity contribution in [1.82, 2.24) is 10.2 Å². The number of unbranched alkanes of at least 4 members (excludes halogenated alkanes) is 1. The maximum absolute atomic E-state index is 12.5. The lowest BCUT2D eigenvalue weighted by atomic mass is 9.98. The Kier molecular flexibility index (Phi) is 5.37. The number of amides is 2. The molecule has 0 radical (unpaired) electrons. The standard InChI is InChI=1S/C17H24N2O2/c1-3-5-11-19-15(12-13-9-7-6-8-10-13)16(20)18-14(4-2)17(19)21/h6-10,14-15H,3-5,11-12H2,1-2H3,(H,18,20). The number of nitrogens with zero attached hydrogens (tertiary/aromatic N) is 1. The van der Waals surface area contributed by atoms with Crippen LogP contribution in [0.3, 0.4) is 0 Å². The van der Waals surface area contributed by atoms with Gasteiger partial charge in [0.1, 0.15) is 12.1 Å². The molecule has 1 aliphatic heterocycles. The van der Waals surface area contributed by atoms with Crippen molar-refractivity contribution in [3.63, 3.8) is 0 Å². The molecule has 1 aromatic carbocycles. The predicted molar refractivity (Wildman–Crippen MR) is 82.8 cm³/mol. The van der Waals surface area contributed by atoms with E-state index < -0.39 is 0 Å². The number of carbonyl (C=O) groups excluding carboxylic acids is 2. The highest BCUT2D eigenvalue weighted by Crippen LogP contribution is 2.17. The van der Waals surface area contributed by atoms with Gasteiger partial charge >= 0.3 is 0 Å². The second-order valence-electron chi connectivity index (χ2n) is 5.56. The van der Waals surface area contributed by atoms with Crippen LogP contribution in [0, 0.1) is 0 Å². The van der Waals surface area contributed by atoms with Crippen molar-refractivity contribution < 1.29 is 9.59 Å². The van der Waals surface area contributed by atoms with Crippen LogP contribution in [0.2, 0.25) is 0 Å². The van der Waals surface area contributed by atoms with Gasteiger partial charge in [0.2, 0.25) is 11.8 Å². The van der Waals surface area contributed by atoms with E-state index >= 15 is 0 Å². The van der Waals surface area contributed by atoms with E-state index in [9.17, 15) is 9.59 Å². The fourth-order valence-corrected chi connectivity index (χ4v) is 2.74. The van der Waals surface area contributed by atoms with Gasteiger partial charge in [0.25, 0.3) is 0 Å². The van der Waals surface area contributed by atoms with Gasteiger partial charge in [0, 0.05) is 13.0 Å². The first-order valence-corrected chi connectivity index (χ1v) is 7.82. The third-order valence-corrected chi connectivity index (χ3v) is 4.01. The quantitative estimate of drug-likeness (QED) is 0.872. The number of hydrogen-bond donors (Lipinski definition) is 1. The van der Waals surface area contributed by atoms with Crippen LogP contribution in [0.4, 0.5) is 0 Å². The molecular formula is C17H24N2O2. The van der Waals surface area contributed by atoms with Gasteiger partial charge in [-0.15, -0.1) is 0 Å². The Labute approximate surface area is 126 Å². The lowest BCUT2D eigenvalue weighted by Gasteiger charge is -2.39. The molecule has 0 spiro atoms. The highest BCUT2D eigenvalue weighted by molar-refractivity contribution is 5.97. The number of piperazine rings is 1. The molecule has 2 unspecified atom stereocenters.